The Hall–Kier alpha value is -0.0400. The van der Waals surface area contributed by atoms with Crippen molar-refractivity contribution in [2.24, 2.45) is 5.92 Å². The molecule has 0 saturated carbocycles. The lowest BCUT2D eigenvalue weighted by Crippen LogP contribution is -2.02. The summed E-state index contributed by atoms with van der Waals surface area (Å²) in [4.78, 5) is 11.0. The third-order valence-corrected chi connectivity index (χ3v) is 5.85. The molecule has 0 aromatic carbocycles. The van der Waals surface area contributed by atoms with Crippen molar-refractivity contribution in [3.05, 3.63) is 0 Å². The van der Waals surface area contributed by atoms with Crippen molar-refractivity contribution >= 4 is 17.9 Å². The molecule has 156 valence electrons. The van der Waals surface area contributed by atoms with E-state index >= 15 is 0 Å². The molecule has 0 aromatic heterocycles. The molecule has 1 nitrogen and oxygen atoms in total. The van der Waals surface area contributed by atoms with Gasteiger partial charge in [0.2, 0.25) is 0 Å². The van der Waals surface area contributed by atoms with Crippen LogP contribution in [0.4, 0.5) is 0 Å². The molecule has 0 amide bonds. The summed E-state index contributed by atoms with van der Waals surface area (Å²) in [7, 11) is 0. The number of halogens is 1. The van der Waals surface area contributed by atoms with Crippen molar-refractivity contribution < 1.29 is 4.79 Å². The van der Waals surface area contributed by atoms with Gasteiger partial charge in [0.05, 0.1) is 0 Å². The van der Waals surface area contributed by atoms with E-state index in [1.807, 2.05) is 0 Å². The Morgan fingerprint density at radius 1 is 0.577 bits per heavy atom. The Labute approximate surface area is 170 Å². The van der Waals surface area contributed by atoms with E-state index in [2.05, 4.69) is 6.92 Å². The summed E-state index contributed by atoms with van der Waals surface area (Å²) < 4.78 is 0. The molecule has 2 heteroatoms. The number of hydrogen-bond donors (Lipinski definition) is 0. The molecule has 0 aliphatic rings. The summed E-state index contributed by atoms with van der Waals surface area (Å²) in [6, 6.07) is 0. The standard InChI is InChI=1S/C24H47ClO/c1-2-3-4-5-6-7-8-9-10-11-12-13-14-15-16-17-18-20-24(23-26)21-19-22-25/h23-24H,2-22H2,1H3. The predicted molar refractivity (Wildman–Crippen MR) is 118 cm³/mol. The fourth-order valence-electron chi connectivity index (χ4n) is 3.75. The quantitative estimate of drug-likeness (QED) is 0.103. The van der Waals surface area contributed by atoms with Crippen LogP contribution in [0.25, 0.3) is 0 Å². The molecule has 0 aliphatic heterocycles. The van der Waals surface area contributed by atoms with Gasteiger partial charge in [0.15, 0.2) is 0 Å². The van der Waals surface area contributed by atoms with E-state index in [4.69, 9.17) is 11.6 Å². The maximum Gasteiger partial charge on any atom is 0.123 e. The molecule has 1 atom stereocenters. The highest BCUT2D eigenvalue weighted by atomic mass is 35.5. The van der Waals surface area contributed by atoms with E-state index in [0.717, 1.165) is 25.5 Å². The van der Waals surface area contributed by atoms with Crippen LogP contribution in [0.15, 0.2) is 0 Å². The second-order valence-electron chi connectivity index (χ2n) is 8.17. The van der Waals surface area contributed by atoms with Gasteiger partial charge in [-0.05, 0) is 19.3 Å². The normalized spacial score (nSPS) is 12.4. The van der Waals surface area contributed by atoms with Crippen LogP contribution in [0.1, 0.15) is 135 Å². The fraction of sp³-hybridized carbons (Fsp3) is 0.958. The molecule has 0 rings (SSSR count). The van der Waals surface area contributed by atoms with Crippen LogP contribution in [-0.4, -0.2) is 12.2 Å². The molecule has 26 heavy (non-hydrogen) atoms. The summed E-state index contributed by atoms with van der Waals surface area (Å²) >= 11 is 5.69. The van der Waals surface area contributed by atoms with Crippen LogP contribution in [-0.2, 0) is 4.79 Å². The van der Waals surface area contributed by atoms with E-state index < -0.39 is 0 Å². The highest BCUT2D eigenvalue weighted by molar-refractivity contribution is 6.17. The summed E-state index contributed by atoms with van der Waals surface area (Å²) in [5, 5.41) is 0. The fourth-order valence-corrected chi connectivity index (χ4v) is 3.91. The Bertz CT molecular complexity index is 267. The lowest BCUT2D eigenvalue weighted by molar-refractivity contribution is -0.111. The van der Waals surface area contributed by atoms with Crippen LogP contribution in [0.3, 0.4) is 0 Å². The number of rotatable bonds is 22. The highest BCUT2D eigenvalue weighted by Crippen LogP contribution is 2.17. The van der Waals surface area contributed by atoms with Gasteiger partial charge in [0.1, 0.15) is 6.29 Å². The van der Waals surface area contributed by atoms with E-state index in [9.17, 15) is 4.79 Å². The Morgan fingerprint density at radius 3 is 1.27 bits per heavy atom. The topological polar surface area (TPSA) is 17.1 Å². The first kappa shape index (κ1) is 26.0. The largest absolute Gasteiger partial charge is 0.303 e. The number of unbranched alkanes of at least 4 members (excludes halogenated alkanes) is 16. The number of hydrogen-bond acceptors (Lipinski definition) is 1. The van der Waals surface area contributed by atoms with Gasteiger partial charge in [-0.25, -0.2) is 0 Å². The third-order valence-electron chi connectivity index (χ3n) is 5.58. The van der Waals surface area contributed by atoms with Gasteiger partial charge < -0.3 is 4.79 Å². The molecule has 0 radical (unpaired) electrons. The number of alkyl halides is 1. The van der Waals surface area contributed by atoms with E-state index in [-0.39, 0.29) is 5.92 Å². The van der Waals surface area contributed by atoms with Crippen molar-refractivity contribution in [3.63, 3.8) is 0 Å². The SMILES string of the molecule is CCCCCCCCCCCCCCCCCCCC(C=O)CCCCl. The Kier molecular flexibility index (Phi) is 23.0. The highest BCUT2D eigenvalue weighted by Gasteiger charge is 2.06. The molecule has 0 aliphatic carbocycles. The summed E-state index contributed by atoms with van der Waals surface area (Å²) in [5.41, 5.74) is 0. The first-order valence-electron chi connectivity index (χ1n) is 11.9. The van der Waals surface area contributed by atoms with Crippen LogP contribution in [0.5, 0.6) is 0 Å². The van der Waals surface area contributed by atoms with Gasteiger partial charge in [-0.2, -0.15) is 0 Å². The molecule has 1 unspecified atom stereocenters. The lowest BCUT2D eigenvalue weighted by Gasteiger charge is -2.08. The van der Waals surface area contributed by atoms with Gasteiger partial charge in [-0.3, -0.25) is 0 Å². The molecule has 0 fully saturated rings. The van der Waals surface area contributed by atoms with Gasteiger partial charge in [-0.15, -0.1) is 11.6 Å². The first-order valence-corrected chi connectivity index (χ1v) is 12.4. The zero-order valence-corrected chi connectivity index (χ0v) is 18.5. The average molecular weight is 387 g/mol. The summed E-state index contributed by atoms with van der Waals surface area (Å²) in [6.45, 7) is 2.29. The van der Waals surface area contributed by atoms with Gasteiger partial charge in [-0.1, -0.05) is 116 Å². The minimum Gasteiger partial charge on any atom is -0.303 e. The van der Waals surface area contributed by atoms with Gasteiger partial charge in [0.25, 0.3) is 0 Å². The van der Waals surface area contributed by atoms with Crippen molar-refractivity contribution in [1.82, 2.24) is 0 Å². The van der Waals surface area contributed by atoms with Crippen LogP contribution >= 0.6 is 11.6 Å². The Morgan fingerprint density at radius 2 is 0.923 bits per heavy atom. The van der Waals surface area contributed by atoms with E-state index in [1.54, 1.807) is 0 Å². The smallest absolute Gasteiger partial charge is 0.123 e. The minimum absolute atomic E-state index is 0.255. The molecular weight excluding hydrogens is 340 g/mol. The monoisotopic (exact) mass is 386 g/mol. The number of carbonyl (C=O) groups excluding carboxylic acids is 1. The lowest BCUT2D eigenvalue weighted by atomic mass is 9.97. The van der Waals surface area contributed by atoms with Crippen LogP contribution < -0.4 is 0 Å². The summed E-state index contributed by atoms with van der Waals surface area (Å²) in [5.74, 6) is 0.939. The van der Waals surface area contributed by atoms with Crippen molar-refractivity contribution in [1.29, 1.82) is 0 Å². The third kappa shape index (κ3) is 20.3. The number of carbonyl (C=O) groups is 1. The zero-order chi connectivity index (χ0) is 19.1. The number of aldehydes is 1. The van der Waals surface area contributed by atoms with Crippen molar-refractivity contribution in [2.75, 3.05) is 5.88 Å². The molecule has 0 saturated heterocycles. The van der Waals surface area contributed by atoms with Crippen LogP contribution in [0, 0.1) is 5.92 Å². The maximum absolute atomic E-state index is 11.0. The molecule has 0 spiro atoms. The molecular formula is C24H47ClO. The minimum atomic E-state index is 0.255. The van der Waals surface area contributed by atoms with E-state index in [0.29, 0.717) is 5.88 Å². The molecule has 0 aromatic rings. The summed E-state index contributed by atoms with van der Waals surface area (Å²) in [6.07, 6.45) is 28.1. The van der Waals surface area contributed by atoms with E-state index in [1.165, 1.54) is 109 Å². The maximum atomic E-state index is 11.0. The van der Waals surface area contributed by atoms with Crippen molar-refractivity contribution in [3.8, 4) is 0 Å². The molecule has 0 bridgehead atoms. The predicted octanol–water partition coefficient (Wildman–Crippen LogP) is 8.86. The Balaban J connectivity index is 3.12. The van der Waals surface area contributed by atoms with Crippen molar-refractivity contribution in [2.45, 2.75) is 135 Å². The van der Waals surface area contributed by atoms with Gasteiger partial charge >= 0.3 is 0 Å². The second-order valence-corrected chi connectivity index (χ2v) is 8.55. The van der Waals surface area contributed by atoms with Crippen LogP contribution in [0.2, 0.25) is 0 Å². The average Bonchev–Trinajstić information content (AvgIpc) is 2.66. The molecule has 0 heterocycles. The first-order chi connectivity index (χ1) is 12.8. The van der Waals surface area contributed by atoms with Gasteiger partial charge in [0, 0.05) is 11.8 Å². The zero-order valence-electron chi connectivity index (χ0n) is 17.8. The second kappa shape index (κ2) is 23.0. The molecule has 0 N–H and O–H groups in total.